The van der Waals surface area contributed by atoms with Crippen LogP contribution in [0, 0.1) is 17.6 Å². The van der Waals surface area contributed by atoms with Gasteiger partial charge in [-0.25, -0.2) is 13.6 Å². The molecule has 1 fully saturated rings. The lowest BCUT2D eigenvalue weighted by Crippen LogP contribution is -2.19. The smallest absolute Gasteiger partial charge is 0.332 e. The minimum Gasteiger partial charge on any atom is -0.479 e. The fraction of sp³-hybridized carbons (Fsp3) is 0.278. The van der Waals surface area contributed by atoms with Crippen LogP contribution in [0.4, 0.5) is 8.78 Å². The van der Waals surface area contributed by atoms with Gasteiger partial charge in [0.05, 0.1) is 0 Å². The molecule has 0 saturated heterocycles. The van der Waals surface area contributed by atoms with Crippen LogP contribution in [0.1, 0.15) is 19.3 Å². The van der Waals surface area contributed by atoms with Crippen LogP contribution in [0.3, 0.4) is 0 Å². The number of rotatable bonds is 4. The standard InChI is InChI=1S/C12H8F2.C6H10O3/c13-11-5-1-9(2-6-11)10-3-7-12(14)8-4-10;7-5(6(8)9)3-4-1-2-4/h1-8H;4-5,7H,1-3H2,(H,8,9). The summed E-state index contributed by atoms with van der Waals surface area (Å²) in [5.74, 6) is -1.15. The van der Waals surface area contributed by atoms with Gasteiger partial charge in [-0.1, -0.05) is 37.1 Å². The predicted molar refractivity (Wildman–Crippen MR) is 82.8 cm³/mol. The minimum atomic E-state index is -1.13. The number of benzene rings is 2. The van der Waals surface area contributed by atoms with E-state index in [1.807, 2.05) is 0 Å². The van der Waals surface area contributed by atoms with E-state index in [-0.39, 0.29) is 11.6 Å². The Kier molecular flexibility index (Phi) is 5.82. The highest BCUT2D eigenvalue weighted by molar-refractivity contribution is 5.71. The van der Waals surface area contributed by atoms with E-state index in [1.54, 1.807) is 24.3 Å². The normalized spacial score (nSPS) is 14.6. The zero-order valence-electron chi connectivity index (χ0n) is 12.5. The monoisotopic (exact) mass is 320 g/mol. The first-order valence-electron chi connectivity index (χ1n) is 7.38. The summed E-state index contributed by atoms with van der Waals surface area (Å²) in [6.07, 6.45) is 1.49. The zero-order valence-corrected chi connectivity index (χ0v) is 12.5. The predicted octanol–water partition coefficient (Wildman–Crippen LogP) is 3.86. The molecule has 0 radical (unpaired) electrons. The maximum atomic E-state index is 12.6. The number of carboxylic acids is 1. The molecule has 1 atom stereocenters. The average molecular weight is 320 g/mol. The molecule has 1 saturated carbocycles. The second kappa shape index (κ2) is 7.83. The van der Waals surface area contributed by atoms with Gasteiger partial charge in [0.2, 0.25) is 0 Å². The highest BCUT2D eigenvalue weighted by Gasteiger charge is 2.27. The first kappa shape index (κ1) is 17.1. The van der Waals surface area contributed by atoms with E-state index in [0.29, 0.717) is 12.3 Å². The largest absolute Gasteiger partial charge is 0.479 e. The molecule has 0 heterocycles. The molecule has 1 unspecified atom stereocenters. The lowest BCUT2D eigenvalue weighted by Gasteiger charge is -2.00. The van der Waals surface area contributed by atoms with E-state index < -0.39 is 12.1 Å². The first-order valence-corrected chi connectivity index (χ1v) is 7.38. The van der Waals surface area contributed by atoms with Crippen LogP contribution in [0.5, 0.6) is 0 Å². The van der Waals surface area contributed by atoms with Crippen LogP contribution < -0.4 is 0 Å². The van der Waals surface area contributed by atoms with Gasteiger partial charge in [0.1, 0.15) is 11.6 Å². The number of aliphatic hydroxyl groups excluding tert-OH is 1. The van der Waals surface area contributed by atoms with Crippen molar-refractivity contribution in [1.29, 1.82) is 0 Å². The molecular formula is C18H18F2O3. The Balaban J connectivity index is 0.000000185. The SMILES string of the molecule is Fc1ccc(-c2ccc(F)cc2)cc1.O=C(O)C(O)CC1CC1. The molecule has 122 valence electrons. The summed E-state index contributed by atoms with van der Waals surface area (Å²) in [6, 6.07) is 12.2. The molecular weight excluding hydrogens is 302 g/mol. The summed E-state index contributed by atoms with van der Waals surface area (Å²) in [4.78, 5) is 10.0. The van der Waals surface area contributed by atoms with Crippen molar-refractivity contribution < 1.29 is 23.8 Å². The van der Waals surface area contributed by atoms with E-state index in [2.05, 4.69) is 0 Å². The van der Waals surface area contributed by atoms with Gasteiger partial charge >= 0.3 is 5.97 Å². The topological polar surface area (TPSA) is 57.5 Å². The van der Waals surface area contributed by atoms with Crippen LogP contribution in [0.25, 0.3) is 11.1 Å². The number of aliphatic carboxylic acids is 1. The maximum Gasteiger partial charge on any atom is 0.332 e. The van der Waals surface area contributed by atoms with Crippen molar-refractivity contribution in [3.05, 3.63) is 60.2 Å². The van der Waals surface area contributed by atoms with Crippen molar-refractivity contribution >= 4 is 5.97 Å². The van der Waals surface area contributed by atoms with Crippen LogP contribution in [-0.4, -0.2) is 22.3 Å². The van der Waals surface area contributed by atoms with Crippen LogP contribution >= 0.6 is 0 Å². The minimum absolute atomic E-state index is 0.268. The van der Waals surface area contributed by atoms with Crippen molar-refractivity contribution in [3.8, 4) is 11.1 Å². The van der Waals surface area contributed by atoms with E-state index >= 15 is 0 Å². The number of hydrogen-bond donors (Lipinski definition) is 2. The van der Waals surface area contributed by atoms with E-state index in [1.165, 1.54) is 24.3 Å². The Bertz CT molecular complexity index is 591. The summed E-state index contributed by atoms with van der Waals surface area (Å²) >= 11 is 0. The van der Waals surface area contributed by atoms with Gasteiger partial charge < -0.3 is 10.2 Å². The third-order valence-electron chi connectivity index (χ3n) is 3.56. The lowest BCUT2D eigenvalue weighted by atomic mass is 10.1. The molecule has 2 aromatic rings. The van der Waals surface area contributed by atoms with Crippen LogP contribution in [0.15, 0.2) is 48.5 Å². The highest BCUT2D eigenvalue weighted by Crippen LogP contribution is 2.33. The number of hydrogen-bond acceptors (Lipinski definition) is 2. The second-order valence-electron chi connectivity index (χ2n) is 5.55. The average Bonchev–Trinajstić information content (AvgIpc) is 3.33. The van der Waals surface area contributed by atoms with Gasteiger partial charge in [-0.3, -0.25) is 0 Å². The molecule has 1 aliphatic carbocycles. The van der Waals surface area contributed by atoms with Crippen molar-refractivity contribution in [2.45, 2.75) is 25.4 Å². The van der Waals surface area contributed by atoms with Gasteiger partial charge in [0.15, 0.2) is 6.10 Å². The first-order chi connectivity index (χ1) is 11.0. The molecule has 23 heavy (non-hydrogen) atoms. The summed E-state index contributed by atoms with van der Waals surface area (Å²) in [5.41, 5.74) is 1.76. The molecule has 3 rings (SSSR count). The van der Waals surface area contributed by atoms with Crippen molar-refractivity contribution in [3.63, 3.8) is 0 Å². The van der Waals surface area contributed by atoms with E-state index in [9.17, 15) is 13.6 Å². The number of carboxylic acid groups (broad SMARTS) is 1. The van der Waals surface area contributed by atoms with E-state index in [0.717, 1.165) is 24.0 Å². The summed E-state index contributed by atoms with van der Waals surface area (Å²) in [5, 5.41) is 16.9. The van der Waals surface area contributed by atoms with Gasteiger partial charge in [-0.15, -0.1) is 0 Å². The molecule has 0 aromatic heterocycles. The van der Waals surface area contributed by atoms with Crippen LogP contribution in [-0.2, 0) is 4.79 Å². The van der Waals surface area contributed by atoms with Gasteiger partial charge in [-0.2, -0.15) is 0 Å². The summed E-state index contributed by atoms with van der Waals surface area (Å²) in [6.45, 7) is 0. The molecule has 2 N–H and O–H groups in total. The zero-order chi connectivity index (χ0) is 16.8. The lowest BCUT2D eigenvalue weighted by molar-refractivity contribution is -0.147. The molecule has 5 heteroatoms. The molecule has 0 spiro atoms. The third kappa shape index (κ3) is 5.79. The van der Waals surface area contributed by atoms with Crippen molar-refractivity contribution in [2.24, 2.45) is 5.92 Å². The number of carbonyl (C=O) groups is 1. The molecule has 0 bridgehead atoms. The Morgan fingerprint density at radius 2 is 1.35 bits per heavy atom. The fourth-order valence-electron chi connectivity index (χ4n) is 2.05. The fourth-order valence-corrected chi connectivity index (χ4v) is 2.05. The molecule has 2 aromatic carbocycles. The quantitative estimate of drug-likeness (QED) is 0.899. The molecule has 3 nitrogen and oxygen atoms in total. The van der Waals surface area contributed by atoms with Crippen molar-refractivity contribution in [2.75, 3.05) is 0 Å². The Morgan fingerprint density at radius 1 is 0.957 bits per heavy atom. The Labute approximate surface area is 133 Å². The molecule has 0 amide bonds. The van der Waals surface area contributed by atoms with Crippen LogP contribution in [0.2, 0.25) is 0 Å². The summed E-state index contributed by atoms with van der Waals surface area (Å²) in [7, 11) is 0. The number of halogens is 2. The maximum absolute atomic E-state index is 12.6. The van der Waals surface area contributed by atoms with Gasteiger partial charge in [0, 0.05) is 0 Å². The Morgan fingerprint density at radius 3 is 1.65 bits per heavy atom. The van der Waals surface area contributed by atoms with Crippen molar-refractivity contribution in [1.82, 2.24) is 0 Å². The number of aliphatic hydroxyl groups is 1. The Hall–Kier alpha value is -2.27. The van der Waals surface area contributed by atoms with Gasteiger partial charge in [-0.05, 0) is 47.7 Å². The highest BCUT2D eigenvalue weighted by atomic mass is 19.1. The molecule has 0 aliphatic heterocycles. The molecule has 1 aliphatic rings. The third-order valence-corrected chi connectivity index (χ3v) is 3.56. The van der Waals surface area contributed by atoms with Gasteiger partial charge in [0.25, 0.3) is 0 Å². The van der Waals surface area contributed by atoms with E-state index in [4.69, 9.17) is 10.2 Å². The second-order valence-corrected chi connectivity index (χ2v) is 5.55. The summed E-state index contributed by atoms with van der Waals surface area (Å²) < 4.78 is 25.2.